The first kappa shape index (κ1) is 40.5. The van der Waals surface area contributed by atoms with Gasteiger partial charge in [-0.15, -0.1) is 48.5 Å². The zero-order chi connectivity index (χ0) is 41.5. The van der Waals surface area contributed by atoms with Gasteiger partial charge in [-0.25, -0.2) is 0 Å². The van der Waals surface area contributed by atoms with E-state index >= 15 is 0 Å². The number of hydrogen-bond acceptors (Lipinski definition) is 4. The fourth-order valence-electron chi connectivity index (χ4n) is 8.27. The Morgan fingerprint density at radius 1 is 0.500 bits per heavy atom. The Balaban J connectivity index is 0.000000257. The molecule has 305 valence electrons. The Morgan fingerprint density at radius 3 is 1.82 bits per heavy atom. The van der Waals surface area contributed by atoms with Gasteiger partial charge in [0.05, 0.1) is 28.0 Å². The molecular formula is C56H43IrN3O2-2. The van der Waals surface area contributed by atoms with Crippen LogP contribution in [0.2, 0.25) is 0 Å². The number of para-hydroxylation sites is 4. The van der Waals surface area contributed by atoms with Gasteiger partial charge < -0.3 is 13.4 Å². The Labute approximate surface area is 375 Å². The van der Waals surface area contributed by atoms with Crippen molar-refractivity contribution in [3.05, 3.63) is 199 Å². The van der Waals surface area contributed by atoms with Crippen LogP contribution in [0.5, 0.6) is 0 Å². The molecule has 0 aliphatic carbocycles. The molecule has 11 rings (SSSR count). The molecule has 3 heterocycles. The third kappa shape index (κ3) is 7.57. The number of aromatic nitrogens is 3. The molecule has 0 fully saturated rings. The Morgan fingerprint density at radius 2 is 1.15 bits per heavy atom. The van der Waals surface area contributed by atoms with Gasteiger partial charge in [-0.1, -0.05) is 141 Å². The average Bonchev–Trinajstić information content (AvgIpc) is 4.03. The minimum Gasteiger partial charge on any atom is -0.501 e. The van der Waals surface area contributed by atoms with E-state index in [1.54, 1.807) is 0 Å². The first-order valence-electron chi connectivity index (χ1n) is 20.9. The molecule has 11 aromatic rings. The molecule has 0 bridgehead atoms. The monoisotopic (exact) mass is 982 g/mol. The zero-order valence-corrected chi connectivity index (χ0v) is 37.3. The number of hydrogen-bond donors (Lipinski definition) is 0. The Hall–Kier alpha value is -6.85. The van der Waals surface area contributed by atoms with Gasteiger partial charge in [0.15, 0.2) is 0 Å². The number of imidazole rings is 1. The minimum atomic E-state index is 0. The van der Waals surface area contributed by atoms with E-state index in [1.807, 2.05) is 60.7 Å². The molecule has 62 heavy (non-hydrogen) atoms. The fourth-order valence-corrected chi connectivity index (χ4v) is 8.27. The second kappa shape index (κ2) is 17.3. The summed E-state index contributed by atoms with van der Waals surface area (Å²) >= 11 is 0. The smallest absolute Gasteiger partial charge is 0.141 e. The summed E-state index contributed by atoms with van der Waals surface area (Å²) in [6.45, 7) is 9.14. The van der Waals surface area contributed by atoms with E-state index < -0.39 is 0 Å². The number of oxazole rings is 1. The second-order valence-corrected chi connectivity index (χ2v) is 16.0. The van der Waals surface area contributed by atoms with Crippen LogP contribution in [0, 0.1) is 12.1 Å². The Kier molecular flexibility index (Phi) is 11.3. The first-order valence-corrected chi connectivity index (χ1v) is 20.9. The van der Waals surface area contributed by atoms with Crippen molar-refractivity contribution < 1.29 is 28.9 Å². The van der Waals surface area contributed by atoms with Crippen LogP contribution in [0.4, 0.5) is 0 Å². The normalized spacial score (nSPS) is 11.4. The van der Waals surface area contributed by atoms with Crippen molar-refractivity contribution in [3.8, 4) is 50.8 Å². The van der Waals surface area contributed by atoms with Crippen molar-refractivity contribution in [2.24, 2.45) is 0 Å². The number of fused-ring (bicyclic) bond motifs is 5. The van der Waals surface area contributed by atoms with Crippen LogP contribution in [-0.2, 0) is 20.1 Å². The van der Waals surface area contributed by atoms with Gasteiger partial charge in [-0.2, -0.15) is 0 Å². The number of rotatable bonds is 7. The van der Waals surface area contributed by atoms with Crippen molar-refractivity contribution >= 4 is 44.1 Å². The molecule has 0 atom stereocenters. The summed E-state index contributed by atoms with van der Waals surface area (Å²) in [4.78, 5) is 9.68. The maximum absolute atomic E-state index is 6.73. The average molecular weight is 982 g/mol. The first-order chi connectivity index (χ1) is 29.9. The molecule has 6 heteroatoms. The number of furan rings is 1. The molecule has 0 spiro atoms. The molecule has 0 saturated heterocycles. The molecule has 1 radical (unpaired) electrons. The maximum atomic E-state index is 6.73. The summed E-state index contributed by atoms with van der Waals surface area (Å²) in [5.41, 5.74) is 15.7. The van der Waals surface area contributed by atoms with Gasteiger partial charge in [-0.3, -0.25) is 9.97 Å². The van der Waals surface area contributed by atoms with Gasteiger partial charge in [0.2, 0.25) is 0 Å². The van der Waals surface area contributed by atoms with Crippen LogP contribution in [-0.4, -0.2) is 14.5 Å². The van der Waals surface area contributed by atoms with Crippen LogP contribution in [0.25, 0.3) is 94.9 Å². The number of benzene rings is 8. The van der Waals surface area contributed by atoms with E-state index in [2.05, 4.69) is 165 Å². The summed E-state index contributed by atoms with van der Waals surface area (Å²) in [5, 5.41) is 2.15. The van der Waals surface area contributed by atoms with E-state index in [1.165, 1.54) is 33.5 Å². The molecule has 0 aliphatic rings. The van der Waals surface area contributed by atoms with Crippen LogP contribution in [0.15, 0.2) is 185 Å². The summed E-state index contributed by atoms with van der Waals surface area (Å²) in [7, 11) is 0. The van der Waals surface area contributed by atoms with Crippen molar-refractivity contribution in [2.75, 3.05) is 0 Å². The molecule has 0 saturated carbocycles. The third-order valence-electron chi connectivity index (χ3n) is 11.3. The SMILES string of the molecule is CC(C)c1cc(-c2ccccc2)cc(C(C)C)c1-n1c(-c2[c-]ccc3c2oc2cc(-c4ccccc4)ccc23)nc2ccccc21.[Ir].[c-]1ccccc1-c1nc2ccccc2o1. The summed E-state index contributed by atoms with van der Waals surface area (Å²) < 4.78 is 14.7. The van der Waals surface area contributed by atoms with Crippen molar-refractivity contribution in [3.63, 3.8) is 0 Å². The topological polar surface area (TPSA) is 57.0 Å². The van der Waals surface area contributed by atoms with E-state index in [4.69, 9.17) is 13.8 Å². The minimum absolute atomic E-state index is 0. The van der Waals surface area contributed by atoms with Crippen LogP contribution < -0.4 is 0 Å². The van der Waals surface area contributed by atoms with E-state index in [0.29, 0.717) is 5.89 Å². The van der Waals surface area contributed by atoms with Gasteiger partial charge in [0.25, 0.3) is 0 Å². The van der Waals surface area contributed by atoms with E-state index in [-0.39, 0.29) is 31.9 Å². The van der Waals surface area contributed by atoms with Gasteiger partial charge >= 0.3 is 0 Å². The molecule has 0 N–H and O–H groups in total. The third-order valence-corrected chi connectivity index (χ3v) is 11.3. The molecular weight excluding hydrogens is 939 g/mol. The van der Waals surface area contributed by atoms with Crippen molar-refractivity contribution in [2.45, 2.75) is 39.5 Å². The standard InChI is InChI=1S/C43H35N2O.C13H8NO.Ir/c1-27(2)36-24-32(30-16-9-6-10-17-30)25-37(28(3)4)41(36)45-39-21-12-11-20-38(39)44-43(45)35-19-13-18-34-33-23-22-31(26-40(33)46-42(34)35)29-14-7-5-8-15-29;1-2-6-10(7-3-1)13-14-11-8-4-5-9-12(11)15-13;/h5-18,20-28H,1-4H3;1-6,8-9H;/q2*-1;. The molecule has 0 unspecified atom stereocenters. The second-order valence-electron chi connectivity index (χ2n) is 16.0. The molecule has 3 aromatic heterocycles. The van der Waals surface area contributed by atoms with Crippen molar-refractivity contribution in [1.29, 1.82) is 0 Å². The van der Waals surface area contributed by atoms with Gasteiger partial charge in [0.1, 0.15) is 17.1 Å². The van der Waals surface area contributed by atoms with Gasteiger partial charge in [-0.05, 0) is 87.7 Å². The molecule has 5 nitrogen and oxygen atoms in total. The van der Waals surface area contributed by atoms with Crippen LogP contribution in [0.3, 0.4) is 0 Å². The quantitative estimate of drug-likeness (QED) is 0.149. The summed E-state index contributed by atoms with van der Waals surface area (Å²) in [5.74, 6) is 2.03. The summed E-state index contributed by atoms with van der Waals surface area (Å²) in [6, 6.07) is 67.0. The molecule has 8 aromatic carbocycles. The zero-order valence-electron chi connectivity index (χ0n) is 34.9. The fraction of sp³-hybridized carbons (Fsp3) is 0.107. The van der Waals surface area contributed by atoms with E-state index in [0.717, 1.165) is 66.6 Å². The van der Waals surface area contributed by atoms with Crippen LogP contribution >= 0.6 is 0 Å². The summed E-state index contributed by atoms with van der Waals surface area (Å²) in [6.07, 6.45) is 0. The van der Waals surface area contributed by atoms with E-state index in [9.17, 15) is 0 Å². The van der Waals surface area contributed by atoms with Gasteiger partial charge in [0, 0.05) is 31.2 Å². The molecule has 0 amide bonds. The van der Waals surface area contributed by atoms with Crippen LogP contribution in [0.1, 0.15) is 50.7 Å². The Bertz CT molecular complexity index is 3250. The molecule has 0 aliphatic heterocycles. The number of nitrogens with zero attached hydrogens (tertiary/aromatic N) is 3. The predicted octanol–water partition coefficient (Wildman–Crippen LogP) is 15.3. The predicted molar refractivity (Wildman–Crippen MR) is 250 cm³/mol. The maximum Gasteiger partial charge on any atom is 0.141 e. The largest absolute Gasteiger partial charge is 0.501 e. The van der Waals surface area contributed by atoms with Crippen molar-refractivity contribution in [1.82, 2.24) is 14.5 Å².